The number of aliphatic carboxylic acids is 1. The number of hydrogen-bond acceptors (Lipinski definition) is 1. The van der Waals surface area contributed by atoms with E-state index < -0.39 is 5.97 Å². The number of hydrogen-bond donors (Lipinski definition) is 1. The van der Waals surface area contributed by atoms with Gasteiger partial charge in [-0.05, 0) is 111 Å². The lowest BCUT2D eigenvalue weighted by atomic mass is 9.40. The summed E-state index contributed by atoms with van der Waals surface area (Å²) in [6.45, 7) is 2.68. The second-order valence-corrected chi connectivity index (χ2v) is 10.8. The van der Waals surface area contributed by atoms with Gasteiger partial charge in [-0.15, -0.1) is 0 Å². The van der Waals surface area contributed by atoms with Crippen molar-refractivity contribution in [3.8, 4) is 0 Å². The van der Waals surface area contributed by atoms with Crippen molar-refractivity contribution in [2.45, 2.75) is 90.4 Å². The molecule has 5 saturated carbocycles. The van der Waals surface area contributed by atoms with Gasteiger partial charge in [-0.3, -0.25) is 4.79 Å². The molecular formula is C23H36O2. The van der Waals surface area contributed by atoms with Crippen molar-refractivity contribution in [3.05, 3.63) is 0 Å². The Kier molecular flexibility index (Phi) is 3.81. The van der Waals surface area contributed by atoms with E-state index in [2.05, 4.69) is 6.92 Å². The van der Waals surface area contributed by atoms with Crippen LogP contribution in [-0.4, -0.2) is 11.1 Å². The number of carboxylic acids is 1. The zero-order valence-electron chi connectivity index (χ0n) is 16.0. The molecule has 5 aliphatic rings. The number of carbonyl (C=O) groups is 1. The summed E-state index contributed by atoms with van der Waals surface area (Å²) in [5, 5.41) is 9.05. The van der Waals surface area contributed by atoms with E-state index in [1.54, 1.807) is 0 Å². The third-order valence-corrected chi connectivity index (χ3v) is 10.3. The molecule has 0 bridgehead atoms. The second kappa shape index (κ2) is 5.73. The highest BCUT2D eigenvalue weighted by atomic mass is 16.4. The van der Waals surface area contributed by atoms with Crippen LogP contribution in [0.15, 0.2) is 0 Å². The molecule has 0 aliphatic heterocycles. The van der Waals surface area contributed by atoms with Gasteiger partial charge in [0.05, 0.1) is 0 Å². The Hall–Kier alpha value is -0.530. The molecule has 1 spiro atoms. The summed E-state index contributed by atoms with van der Waals surface area (Å²) < 4.78 is 0. The van der Waals surface area contributed by atoms with E-state index >= 15 is 0 Å². The molecule has 0 aromatic carbocycles. The predicted molar refractivity (Wildman–Crippen MR) is 99.1 cm³/mol. The van der Waals surface area contributed by atoms with Gasteiger partial charge in [-0.1, -0.05) is 19.8 Å². The largest absolute Gasteiger partial charge is 0.481 e. The van der Waals surface area contributed by atoms with Crippen LogP contribution in [0.1, 0.15) is 90.4 Å². The first-order chi connectivity index (χ1) is 12.0. The quantitative estimate of drug-likeness (QED) is 0.692. The smallest absolute Gasteiger partial charge is 0.303 e. The van der Waals surface area contributed by atoms with Gasteiger partial charge in [-0.25, -0.2) is 0 Å². The third kappa shape index (κ3) is 2.24. The predicted octanol–water partition coefficient (Wildman–Crippen LogP) is 5.90. The number of fused-ring (bicyclic) bond motifs is 4. The van der Waals surface area contributed by atoms with Crippen molar-refractivity contribution < 1.29 is 9.90 Å². The maximum Gasteiger partial charge on any atom is 0.303 e. The molecule has 5 rings (SSSR count). The molecule has 0 aromatic rings. The van der Waals surface area contributed by atoms with Crippen LogP contribution in [0.5, 0.6) is 0 Å². The van der Waals surface area contributed by atoms with E-state index in [0.29, 0.717) is 17.3 Å². The standard InChI is InChI=1S/C23H36O2/c1-22-12-3-2-4-16(22)6-7-17-19(22)11-13-23-14-15(5-10-21(24)25)18(23)8-9-20(17)23/h15-20H,2-14H2,1H3,(H,24,25). The lowest BCUT2D eigenvalue weighted by molar-refractivity contribution is -0.162. The molecule has 2 heteroatoms. The Morgan fingerprint density at radius 3 is 2.64 bits per heavy atom. The van der Waals surface area contributed by atoms with Gasteiger partial charge in [0.2, 0.25) is 0 Å². The molecule has 8 unspecified atom stereocenters. The van der Waals surface area contributed by atoms with Gasteiger partial charge in [0, 0.05) is 6.42 Å². The molecule has 0 saturated heterocycles. The summed E-state index contributed by atoms with van der Waals surface area (Å²) in [7, 11) is 0. The SMILES string of the molecule is CC12CCCCC1CCC1C2CCC23CC(CCC(=O)O)C2CCC13. The van der Waals surface area contributed by atoms with Gasteiger partial charge in [0.1, 0.15) is 0 Å². The lowest BCUT2D eigenvalue weighted by Gasteiger charge is -2.65. The van der Waals surface area contributed by atoms with Crippen LogP contribution in [0.3, 0.4) is 0 Å². The fourth-order valence-corrected chi connectivity index (χ4v) is 9.34. The van der Waals surface area contributed by atoms with Gasteiger partial charge in [-0.2, -0.15) is 0 Å². The van der Waals surface area contributed by atoms with Crippen molar-refractivity contribution in [2.24, 2.45) is 46.3 Å². The summed E-state index contributed by atoms with van der Waals surface area (Å²) in [4.78, 5) is 11.0. The van der Waals surface area contributed by atoms with Crippen molar-refractivity contribution in [1.82, 2.24) is 0 Å². The minimum absolute atomic E-state index is 0.397. The van der Waals surface area contributed by atoms with Crippen LogP contribution in [0, 0.1) is 46.3 Å². The molecular weight excluding hydrogens is 308 g/mol. The molecule has 8 atom stereocenters. The molecule has 5 aliphatic carbocycles. The first-order valence-corrected chi connectivity index (χ1v) is 11.3. The number of carboxylic acid groups (broad SMARTS) is 1. The topological polar surface area (TPSA) is 37.3 Å². The van der Waals surface area contributed by atoms with Crippen molar-refractivity contribution in [3.63, 3.8) is 0 Å². The minimum atomic E-state index is -0.595. The zero-order valence-corrected chi connectivity index (χ0v) is 16.0. The summed E-state index contributed by atoms with van der Waals surface area (Å²) in [6, 6.07) is 0. The van der Waals surface area contributed by atoms with Gasteiger partial charge in [0.15, 0.2) is 0 Å². The molecule has 5 fully saturated rings. The minimum Gasteiger partial charge on any atom is -0.481 e. The summed E-state index contributed by atoms with van der Waals surface area (Å²) in [5.41, 5.74) is 1.31. The monoisotopic (exact) mass is 344 g/mol. The highest BCUT2D eigenvalue weighted by molar-refractivity contribution is 5.66. The Morgan fingerprint density at radius 2 is 1.80 bits per heavy atom. The summed E-state index contributed by atoms with van der Waals surface area (Å²) in [6.07, 6.45) is 17.6. The Balaban J connectivity index is 1.34. The van der Waals surface area contributed by atoms with Crippen LogP contribution < -0.4 is 0 Å². The van der Waals surface area contributed by atoms with E-state index in [4.69, 9.17) is 5.11 Å². The lowest BCUT2D eigenvalue weighted by Crippen LogP contribution is -2.57. The van der Waals surface area contributed by atoms with Crippen LogP contribution in [-0.2, 0) is 4.79 Å². The van der Waals surface area contributed by atoms with Crippen molar-refractivity contribution in [1.29, 1.82) is 0 Å². The van der Waals surface area contributed by atoms with Gasteiger partial charge in [0.25, 0.3) is 0 Å². The second-order valence-electron chi connectivity index (χ2n) is 10.8. The third-order valence-electron chi connectivity index (χ3n) is 10.3. The summed E-state index contributed by atoms with van der Waals surface area (Å²) >= 11 is 0. The molecule has 1 N–H and O–H groups in total. The molecule has 0 heterocycles. The number of rotatable bonds is 3. The zero-order chi connectivity index (χ0) is 17.2. The van der Waals surface area contributed by atoms with Crippen molar-refractivity contribution >= 4 is 5.97 Å². The average molecular weight is 345 g/mol. The molecule has 140 valence electrons. The maximum atomic E-state index is 11.0. The normalized spacial score (nSPS) is 53.8. The Bertz CT molecular complexity index is 556. The molecule has 0 radical (unpaired) electrons. The first-order valence-electron chi connectivity index (χ1n) is 11.3. The van der Waals surface area contributed by atoms with Crippen LogP contribution in [0.25, 0.3) is 0 Å². The molecule has 2 nitrogen and oxygen atoms in total. The fraction of sp³-hybridized carbons (Fsp3) is 0.957. The van der Waals surface area contributed by atoms with E-state index in [1.165, 1.54) is 70.6 Å². The fourth-order valence-electron chi connectivity index (χ4n) is 9.34. The first kappa shape index (κ1) is 16.6. The van der Waals surface area contributed by atoms with Gasteiger partial charge >= 0.3 is 5.97 Å². The average Bonchev–Trinajstić information content (AvgIpc) is 2.87. The van der Waals surface area contributed by atoms with Crippen LogP contribution in [0.2, 0.25) is 0 Å². The van der Waals surface area contributed by atoms with E-state index in [0.717, 1.165) is 41.9 Å². The highest BCUT2D eigenvalue weighted by Gasteiger charge is 2.66. The Labute approximate surface area is 153 Å². The van der Waals surface area contributed by atoms with E-state index in [-0.39, 0.29) is 0 Å². The van der Waals surface area contributed by atoms with E-state index in [1.807, 2.05) is 0 Å². The molecule has 0 aromatic heterocycles. The van der Waals surface area contributed by atoms with Crippen LogP contribution in [0.4, 0.5) is 0 Å². The van der Waals surface area contributed by atoms with Crippen LogP contribution >= 0.6 is 0 Å². The van der Waals surface area contributed by atoms with Crippen molar-refractivity contribution in [2.75, 3.05) is 0 Å². The molecule has 25 heavy (non-hydrogen) atoms. The highest BCUT2D eigenvalue weighted by Crippen LogP contribution is 2.74. The summed E-state index contributed by atoms with van der Waals surface area (Å²) in [5.74, 6) is 5.07. The molecule has 0 amide bonds. The van der Waals surface area contributed by atoms with E-state index in [9.17, 15) is 4.79 Å². The maximum absolute atomic E-state index is 11.0. The Morgan fingerprint density at radius 1 is 0.960 bits per heavy atom. The van der Waals surface area contributed by atoms with Gasteiger partial charge < -0.3 is 5.11 Å².